The SMILES string of the molecule is NC(=O)[C@H]1CCN(C(=O)N2CC(C34CC(NCC5(C(F)(F)F)CC5)(C3)C4)C2)C1. The Labute approximate surface area is 162 Å². The van der Waals surface area contributed by atoms with Gasteiger partial charge in [-0.15, -0.1) is 0 Å². The normalized spacial score (nSPS) is 38.5. The Hall–Kier alpha value is -1.51. The van der Waals surface area contributed by atoms with E-state index in [1.807, 2.05) is 4.90 Å². The standard InChI is InChI=1S/C19H27F3N4O2/c20-19(21,22)17(2-3-17)11-24-18-8-16(9-18,10-18)13-6-26(7-13)15(28)25-4-1-12(5-25)14(23)27/h12-13,24H,1-11H2,(H2,23,27)/t12-,16?,18?/m0/s1. The van der Waals surface area contributed by atoms with Gasteiger partial charge in [-0.2, -0.15) is 13.2 Å². The van der Waals surface area contributed by atoms with E-state index < -0.39 is 11.6 Å². The number of halogens is 3. The molecule has 0 aromatic heterocycles. The molecule has 4 aliphatic carbocycles. The number of alkyl halides is 3. The molecule has 4 saturated carbocycles. The van der Waals surface area contributed by atoms with E-state index in [0.717, 1.165) is 32.4 Å². The molecular weight excluding hydrogens is 373 g/mol. The predicted octanol–water partition coefficient (Wildman–Crippen LogP) is 1.70. The van der Waals surface area contributed by atoms with Crippen LogP contribution in [0, 0.1) is 22.7 Å². The second-order valence-corrected chi connectivity index (χ2v) is 10.0. The van der Waals surface area contributed by atoms with Gasteiger partial charge in [-0.25, -0.2) is 4.79 Å². The van der Waals surface area contributed by atoms with E-state index in [4.69, 9.17) is 5.73 Å². The van der Waals surface area contributed by atoms with E-state index in [1.54, 1.807) is 4.90 Å². The Bertz CT molecular complexity index is 695. The Morgan fingerprint density at radius 3 is 2.21 bits per heavy atom. The molecular formula is C19H27F3N4O2. The number of nitrogens with one attached hydrogen (secondary N) is 1. The van der Waals surface area contributed by atoms with Gasteiger partial charge in [-0.1, -0.05) is 0 Å². The number of amides is 3. The van der Waals surface area contributed by atoms with Gasteiger partial charge >= 0.3 is 12.2 Å². The Balaban J connectivity index is 1.07. The van der Waals surface area contributed by atoms with E-state index >= 15 is 0 Å². The maximum atomic E-state index is 13.1. The summed E-state index contributed by atoms with van der Waals surface area (Å²) >= 11 is 0. The van der Waals surface area contributed by atoms with Crippen LogP contribution in [0.5, 0.6) is 0 Å². The summed E-state index contributed by atoms with van der Waals surface area (Å²) in [4.78, 5) is 27.4. The molecule has 0 spiro atoms. The first-order chi connectivity index (χ1) is 13.1. The molecule has 2 heterocycles. The van der Waals surface area contributed by atoms with Gasteiger partial charge in [0.15, 0.2) is 0 Å². The second-order valence-electron chi connectivity index (χ2n) is 10.0. The average Bonchev–Trinajstić information content (AvgIpc) is 3.13. The van der Waals surface area contributed by atoms with Crippen molar-refractivity contribution in [1.82, 2.24) is 15.1 Å². The van der Waals surface area contributed by atoms with Gasteiger partial charge < -0.3 is 20.9 Å². The summed E-state index contributed by atoms with van der Waals surface area (Å²) in [6, 6.07) is -0.0136. The van der Waals surface area contributed by atoms with Crippen LogP contribution in [0.2, 0.25) is 0 Å². The molecule has 0 unspecified atom stereocenters. The van der Waals surface area contributed by atoms with E-state index in [2.05, 4.69) is 5.32 Å². The van der Waals surface area contributed by atoms with Gasteiger partial charge in [-0.05, 0) is 43.9 Å². The smallest absolute Gasteiger partial charge is 0.369 e. The maximum absolute atomic E-state index is 13.1. The first-order valence-electron chi connectivity index (χ1n) is 10.2. The molecule has 6 fully saturated rings. The van der Waals surface area contributed by atoms with E-state index in [0.29, 0.717) is 25.4 Å². The third-order valence-corrected chi connectivity index (χ3v) is 8.21. The molecule has 9 heteroatoms. The van der Waals surface area contributed by atoms with Crippen molar-refractivity contribution in [2.75, 3.05) is 32.7 Å². The highest BCUT2D eigenvalue weighted by molar-refractivity contribution is 5.80. The van der Waals surface area contributed by atoms with Crippen LogP contribution < -0.4 is 11.1 Å². The minimum atomic E-state index is -4.10. The first kappa shape index (κ1) is 18.5. The number of hydrogen-bond donors (Lipinski definition) is 2. The minimum Gasteiger partial charge on any atom is -0.369 e. The van der Waals surface area contributed by atoms with Crippen LogP contribution in [0.15, 0.2) is 0 Å². The molecule has 1 atom stereocenters. The van der Waals surface area contributed by atoms with Crippen molar-refractivity contribution in [3.8, 4) is 0 Å². The molecule has 6 nitrogen and oxygen atoms in total. The fraction of sp³-hybridized carbons (Fsp3) is 0.895. The zero-order chi connectivity index (χ0) is 19.9. The van der Waals surface area contributed by atoms with E-state index in [9.17, 15) is 22.8 Å². The van der Waals surface area contributed by atoms with Crippen LogP contribution in [0.4, 0.5) is 18.0 Å². The van der Waals surface area contributed by atoms with E-state index in [-0.39, 0.29) is 48.2 Å². The lowest BCUT2D eigenvalue weighted by atomic mass is 9.35. The fourth-order valence-corrected chi connectivity index (χ4v) is 5.94. The zero-order valence-corrected chi connectivity index (χ0v) is 15.9. The third kappa shape index (κ3) is 2.57. The number of nitrogens with zero attached hydrogens (tertiary/aromatic N) is 2. The minimum absolute atomic E-state index is 0.0136. The number of carbonyl (C=O) groups excluding carboxylic acids is 2. The van der Waals surface area contributed by atoms with Crippen molar-refractivity contribution in [3.05, 3.63) is 0 Å². The summed E-state index contributed by atoms with van der Waals surface area (Å²) in [6.45, 7) is 2.48. The topological polar surface area (TPSA) is 78.7 Å². The summed E-state index contributed by atoms with van der Waals surface area (Å²) in [5, 5.41) is 3.24. The quantitative estimate of drug-likeness (QED) is 0.737. The van der Waals surface area contributed by atoms with Crippen molar-refractivity contribution in [2.24, 2.45) is 28.4 Å². The molecule has 0 aromatic rings. The monoisotopic (exact) mass is 400 g/mol. The summed E-state index contributed by atoms with van der Waals surface area (Å²) < 4.78 is 39.2. The Morgan fingerprint density at radius 2 is 1.71 bits per heavy atom. The lowest BCUT2D eigenvalue weighted by molar-refractivity contribution is -0.225. The molecule has 2 aliphatic heterocycles. The highest BCUT2D eigenvalue weighted by Gasteiger charge is 2.73. The van der Waals surface area contributed by atoms with Gasteiger partial charge in [0, 0.05) is 44.2 Å². The fourth-order valence-electron chi connectivity index (χ4n) is 5.94. The number of primary amides is 1. The molecule has 28 heavy (non-hydrogen) atoms. The molecule has 156 valence electrons. The molecule has 6 aliphatic rings. The average molecular weight is 400 g/mol. The van der Waals surface area contributed by atoms with Crippen LogP contribution in [-0.2, 0) is 4.79 Å². The van der Waals surface area contributed by atoms with Crippen molar-refractivity contribution in [1.29, 1.82) is 0 Å². The van der Waals surface area contributed by atoms with Crippen LogP contribution in [0.1, 0.15) is 38.5 Å². The highest BCUT2D eigenvalue weighted by atomic mass is 19.4. The summed E-state index contributed by atoms with van der Waals surface area (Å²) in [7, 11) is 0. The Kier molecular flexibility index (Phi) is 3.67. The second kappa shape index (κ2) is 5.55. The molecule has 0 radical (unpaired) electrons. The third-order valence-electron chi connectivity index (χ3n) is 8.21. The Morgan fingerprint density at radius 1 is 1.07 bits per heavy atom. The van der Waals surface area contributed by atoms with Crippen molar-refractivity contribution < 1.29 is 22.8 Å². The van der Waals surface area contributed by atoms with Crippen LogP contribution in [0.3, 0.4) is 0 Å². The molecule has 2 bridgehead atoms. The lowest BCUT2D eigenvalue weighted by Gasteiger charge is -2.76. The first-order valence-corrected chi connectivity index (χ1v) is 10.2. The van der Waals surface area contributed by atoms with Crippen molar-refractivity contribution in [3.63, 3.8) is 0 Å². The molecule has 3 N–H and O–H groups in total. The maximum Gasteiger partial charge on any atom is 0.395 e. The van der Waals surface area contributed by atoms with Crippen molar-refractivity contribution >= 4 is 11.9 Å². The lowest BCUT2D eigenvalue weighted by Crippen LogP contribution is -2.79. The summed E-state index contributed by atoms with van der Waals surface area (Å²) in [5.74, 6) is -0.134. The van der Waals surface area contributed by atoms with Gasteiger partial charge in [0.2, 0.25) is 5.91 Å². The number of hydrogen-bond acceptors (Lipinski definition) is 3. The van der Waals surface area contributed by atoms with Crippen LogP contribution >= 0.6 is 0 Å². The molecule has 0 aromatic carbocycles. The highest BCUT2D eigenvalue weighted by Crippen LogP contribution is 2.72. The van der Waals surface area contributed by atoms with Gasteiger partial charge in [0.1, 0.15) is 0 Å². The number of rotatable bonds is 5. The van der Waals surface area contributed by atoms with Crippen molar-refractivity contribution in [2.45, 2.75) is 50.2 Å². The van der Waals surface area contributed by atoms with Gasteiger partial charge in [0.25, 0.3) is 0 Å². The number of urea groups is 1. The van der Waals surface area contributed by atoms with Crippen LogP contribution in [0.25, 0.3) is 0 Å². The van der Waals surface area contributed by atoms with Gasteiger partial charge in [0.05, 0.1) is 11.3 Å². The molecule has 6 rings (SSSR count). The summed E-state index contributed by atoms with van der Waals surface area (Å²) in [6.07, 6.45) is -0.152. The molecule has 2 saturated heterocycles. The zero-order valence-electron chi connectivity index (χ0n) is 15.9. The van der Waals surface area contributed by atoms with Gasteiger partial charge in [-0.3, -0.25) is 4.79 Å². The van der Waals surface area contributed by atoms with E-state index in [1.165, 1.54) is 0 Å². The predicted molar refractivity (Wildman–Crippen MR) is 94.1 cm³/mol. The number of carbonyl (C=O) groups is 2. The largest absolute Gasteiger partial charge is 0.395 e. The van der Waals surface area contributed by atoms with Crippen LogP contribution in [-0.4, -0.2) is 66.2 Å². The summed E-state index contributed by atoms with van der Waals surface area (Å²) in [5.41, 5.74) is 3.98. The number of likely N-dealkylation sites (tertiary alicyclic amines) is 2. The molecule has 3 amide bonds. The number of nitrogens with two attached hydrogens (primary N) is 1.